The van der Waals surface area contributed by atoms with Crippen LogP contribution in [-0.2, 0) is 5.75 Å². The van der Waals surface area contributed by atoms with Crippen LogP contribution >= 0.6 is 27.7 Å². The lowest BCUT2D eigenvalue weighted by atomic mass is 10.2. The van der Waals surface area contributed by atoms with Crippen molar-refractivity contribution in [1.29, 1.82) is 0 Å². The van der Waals surface area contributed by atoms with Crippen LogP contribution in [0.25, 0.3) is 0 Å². The van der Waals surface area contributed by atoms with Gasteiger partial charge in [0.05, 0.1) is 5.75 Å². The Morgan fingerprint density at radius 1 is 1.32 bits per heavy atom. The second-order valence-corrected chi connectivity index (χ2v) is 6.50. The summed E-state index contributed by atoms with van der Waals surface area (Å²) in [4.78, 5) is 5.48. The fraction of sp³-hybridized carbons (Fsp3) is 0.385. The van der Waals surface area contributed by atoms with Crippen LogP contribution in [0.1, 0.15) is 19.7 Å². The summed E-state index contributed by atoms with van der Waals surface area (Å²) in [5.41, 5.74) is 0. The van der Waals surface area contributed by atoms with Crippen LogP contribution in [-0.4, -0.2) is 16.7 Å². The van der Waals surface area contributed by atoms with E-state index in [0.717, 1.165) is 11.0 Å². The first kappa shape index (κ1) is 14.4. The molecule has 0 saturated heterocycles. The fourth-order valence-corrected chi connectivity index (χ4v) is 2.36. The number of thioether (sulfide) groups is 1. The normalized spacial score (nSPS) is 10.9. The molecule has 0 bridgehead atoms. The zero-order valence-corrected chi connectivity index (χ0v) is 13.3. The van der Waals surface area contributed by atoms with Crippen molar-refractivity contribution in [2.75, 3.05) is 11.9 Å². The third kappa shape index (κ3) is 4.87. The maximum absolute atomic E-state index is 5.13. The molecule has 0 spiro atoms. The van der Waals surface area contributed by atoms with Gasteiger partial charge < -0.3 is 9.84 Å². The van der Waals surface area contributed by atoms with E-state index in [9.17, 15) is 0 Å². The van der Waals surface area contributed by atoms with Crippen LogP contribution in [0.5, 0.6) is 0 Å². The second kappa shape index (κ2) is 6.96. The number of aromatic nitrogens is 2. The molecule has 0 radical (unpaired) electrons. The highest BCUT2D eigenvalue weighted by atomic mass is 79.9. The maximum Gasteiger partial charge on any atom is 0.321 e. The van der Waals surface area contributed by atoms with Gasteiger partial charge in [-0.2, -0.15) is 4.98 Å². The second-order valence-electron chi connectivity index (χ2n) is 4.53. The number of hydrogen-bond donors (Lipinski definition) is 1. The van der Waals surface area contributed by atoms with Gasteiger partial charge in [-0.25, -0.2) is 0 Å². The van der Waals surface area contributed by atoms with Gasteiger partial charge in [-0.1, -0.05) is 34.9 Å². The maximum atomic E-state index is 5.13. The van der Waals surface area contributed by atoms with E-state index in [2.05, 4.69) is 57.4 Å². The molecular formula is C13H16BrN3OS. The molecule has 0 atom stereocenters. The Morgan fingerprint density at radius 3 is 2.74 bits per heavy atom. The van der Waals surface area contributed by atoms with Gasteiger partial charge in [0.2, 0.25) is 0 Å². The number of halogens is 1. The first-order chi connectivity index (χ1) is 9.13. The minimum atomic E-state index is 0.500. The monoisotopic (exact) mass is 341 g/mol. The van der Waals surface area contributed by atoms with Crippen LogP contribution in [0.15, 0.2) is 38.2 Å². The topological polar surface area (TPSA) is 51.0 Å². The molecule has 102 valence electrons. The summed E-state index contributed by atoms with van der Waals surface area (Å²) < 4.78 is 6.21. The van der Waals surface area contributed by atoms with Gasteiger partial charge in [-0.05, 0) is 30.2 Å². The molecule has 0 amide bonds. The van der Waals surface area contributed by atoms with E-state index in [1.54, 1.807) is 11.8 Å². The number of hydrogen-bond acceptors (Lipinski definition) is 5. The van der Waals surface area contributed by atoms with Gasteiger partial charge in [0.1, 0.15) is 0 Å². The summed E-state index contributed by atoms with van der Waals surface area (Å²) in [5.74, 6) is 1.96. The first-order valence-electron chi connectivity index (χ1n) is 6.08. The largest absolute Gasteiger partial charge is 0.337 e. The highest BCUT2D eigenvalue weighted by Crippen LogP contribution is 2.23. The van der Waals surface area contributed by atoms with Crippen molar-refractivity contribution in [2.45, 2.75) is 24.5 Å². The van der Waals surface area contributed by atoms with Crippen LogP contribution in [0, 0.1) is 5.92 Å². The zero-order valence-electron chi connectivity index (χ0n) is 10.9. The van der Waals surface area contributed by atoms with E-state index in [0.29, 0.717) is 23.5 Å². The fourth-order valence-electron chi connectivity index (χ4n) is 1.35. The lowest BCUT2D eigenvalue weighted by molar-refractivity contribution is 0.423. The molecule has 19 heavy (non-hydrogen) atoms. The first-order valence-corrected chi connectivity index (χ1v) is 7.86. The Hall–Kier alpha value is -1.01. The van der Waals surface area contributed by atoms with E-state index in [-0.39, 0.29) is 0 Å². The molecular weight excluding hydrogens is 326 g/mol. The third-order valence-electron chi connectivity index (χ3n) is 2.31. The van der Waals surface area contributed by atoms with E-state index in [4.69, 9.17) is 4.52 Å². The summed E-state index contributed by atoms with van der Waals surface area (Å²) in [6, 6.07) is 8.67. The molecule has 4 nitrogen and oxygen atoms in total. The van der Waals surface area contributed by atoms with Crippen LogP contribution < -0.4 is 5.32 Å². The van der Waals surface area contributed by atoms with Crippen molar-refractivity contribution in [2.24, 2.45) is 5.92 Å². The van der Waals surface area contributed by atoms with Crippen molar-refractivity contribution in [1.82, 2.24) is 10.1 Å². The Bertz CT molecular complexity index is 513. The quantitative estimate of drug-likeness (QED) is 0.798. The van der Waals surface area contributed by atoms with Gasteiger partial charge in [0.15, 0.2) is 5.82 Å². The molecule has 2 aromatic rings. The summed E-state index contributed by atoms with van der Waals surface area (Å²) in [6.07, 6.45) is 0. The van der Waals surface area contributed by atoms with Crippen molar-refractivity contribution in [3.8, 4) is 0 Å². The number of nitrogens with one attached hydrogen (secondary N) is 1. The van der Waals surface area contributed by atoms with Crippen LogP contribution in [0.2, 0.25) is 0 Å². The minimum Gasteiger partial charge on any atom is -0.337 e. The average Bonchev–Trinajstić information content (AvgIpc) is 2.84. The predicted octanol–water partition coefficient (Wildman–Crippen LogP) is 4.19. The molecule has 0 aliphatic heterocycles. The van der Waals surface area contributed by atoms with E-state index >= 15 is 0 Å². The van der Waals surface area contributed by atoms with E-state index < -0.39 is 0 Å². The number of benzene rings is 1. The van der Waals surface area contributed by atoms with E-state index in [1.807, 2.05) is 12.1 Å². The van der Waals surface area contributed by atoms with Crippen LogP contribution in [0.4, 0.5) is 6.01 Å². The molecule has 0 aliphatic carbocycles. The molecule has 1 N–H and O–H groups in total. The lowest BCUT2D eigenvalue weighted by Crippen LogP contribution is -2.07. The summed E-state index contributed by atoms with van der Waals surface area (Å²) >= 11 is 5.10. The molecule has 0 aliphatic rings. The van der Waals surface area contributed by atoms with Gasteiger partial charge in [-0.3, -0.25) is 0 Å². The number of nitrogens with zero attached hydrogens (tertiary/aromatic N) is 2. The van der Waals surface area contributed by atoms with Crippen molar-refractivity contribution in [3.05, 3.63) is 34.6 Å². The van der Waals surface area contributed by atoms with Crippen molar-refractivity contribution >= 4 is 33.7 Å². The molecule has 1 heterocycles. The van der Waals surface area contributed by atoms with Crippen molar-refractivity contribution < 1.29 is 4.52 Å². The standard InChI is InChI=1S/C13H16BrN3OS/c1-9(2)7-15-13-16-12(17-18-13)8-19-11-5-3-10(14)4-6-11/h3-6,9H,7-8H2,1-2H3,(H,15,16,17). The summed E-state index contributed by atoms with van der Waals surface area (Å²) in [5, 5.41) is 7.06. The smallest absolute Gasteiger partial charge is 0.321 e. The number of anilines is 1. The zero-order chi connectivity index (χ0) is 13.7. The third-order valence-corrected chi connectivity index (χ3v) is 3.85. The van der Waals surface area contributed by atoms with Gasteiger partial charge in [0.25, 0.3) is 0 Å². The molecule has 2 rings (SSSR count). The van der Waals surface area contributed by atoms with Gasteiger partial charge in [-0.15, -0.1) is 11.8 Å². The summed E-state index contributed by atoms with van der Waals surface area (Å²) in [6.45, 7) is 5.10. The predicted molar refractivity (Wildman–Crippen MR) is 81.3 cm³/mol. The Balaban J connectivity index is 1.84. The Kier molecular flexibility index (Phi) is 5.27. The van der Waals surface area contributed by atoms with Gasteiger partial charge >= 0.3 is 6.01 Å². The summed E-state index contributed by atoms with van der Waals surface area (Å²) in [7, 11) is 0. The van der Waals surface area contributed by atoms with E-state index in [1.165, 1.54) is 4.90 Å². The average molecular weight is 342 g/mol. The highest BCUT2D eigenvalue weighted by molar-refractivity contribution is 9.10. The Labute approximate surface area is 125 Å². The minimum absolute atomic E-state index is 0.500. The SMILES string of the molecule is CC(C)CNc1nc(CSc2ccc(Br)cc2)no1. The molecule has 0 fully saturated rings. The lowest BCUT2D eigenvalue weighted by Gasteiger charge is -2.02. The highest BCUT2D eigenvalue weighted by Gasteiger charge is 2.06. The van der Waals surface area contributed by atoms with Crippen molar-refractivity contribution in [3.63, 3.8) is 0 Å². The molecule has 0 saturated carbocycles. The van der Waals surface area contributed by atoms with Crippen LogP contribution in [0.3, 0.4) is 0 Å². The molecule has 6 heteroatoms. The number of rotatable bonds is 6. The Morgan fingerprint density at radius 2 is 2.05 bits per heavy atom. The molecule has 1 aromatic carbocycles. The molecule has 0 unspecified atom stereocenters. The van der Waals surface area contributed by atoms with Gasteiger partial charge in [0, 0.05) is 15.9 Å². The molecule has 1 aromatic heterocycles.